The number of aryl methyl sites for hydroxylation is 1. The van der Waals surface area contributed by atoms with Gasteiger partial charge in [0.15, 0.2) is 5.70 Å². The Kier molecular flexibility index (Phi) is 6.89. The zero-order chi connectivity index (χ0) is 18.1. The minimum atomic E-state index is -0.505. The summed E-state index contributed by atoms with van der Waals surface area (Å²) in [5.74, 6) is -0.689. The van der Waals surface area contributed by atoms with Gasteiger partial charge in [-0.2, -0.15) is 5.11 Å². The molecule has 2 aromatic rings. The van der Waals surface area contributed by atoms with Crippen LogP contribution in [0.5, 0.6) is 0 Å². The molecule has 0 unspecified atom stereocenters. The Hall–Kier alpha value is -2.95. The summed E-state index contributed by atoms with van der Waals surface area (Å²) in [6, 6.07) is 16.7. The van der Waals surface area contributed by atoms with Gasteiger partial charge in [0, 0.05) is 5.69 Å². The van der Waals surface area contributed by atoms with E-state index in [1.54, 1.807) is 12.1 Å². The lowest BCUT2D eigenvalue weighted by Crippen LogP contribution is -2.14. The number of carbonyl (C=O) groups excluding carboxylic acids is 1. The van der Waals surface area contributed by atoms with Crippen LogP contribution >= 0.6 is 0 Å². The SMILES string of the molecule is CCCCc1ccc(N=N/C(C(=O)Nc2ccccc2)=C(/C)O)cc1. The molecule has 2 aromatic carbocycles. The molecule has 0 bridgehead atoms. The number of hydrogen-bond acceptors (Lipinski definition) is 4. The predicted molar refractivity (Wildman–Crippen MR) is 100.0 cm³/mol. The van der Waals surface area contributed by atoms with Crippen LogP contribution in [0.15, 0.2) is 76.3 Å². The van der Waals surface area contributed by atoms with Crippen molar-refractivity contribution in [3.8, 4) is 0 Å². The van der Waals surface area contributed by atoms with E-state index in [0.717, 1.165) is 19.3 Å². The Morgan fingerprint density at radius 1 is 1.08 bits per heavy atom. The molecule has 5 nitrogen and oxygen atoms in total. The van der Waals surface area contributed by atoms with Gasteiger partial charge in [-0.3, -0.25) is 4.79 Å². The number of benzene rings is 2. The lowest BCUT2D eigenvalue weighted by atomic mass is 10.1. The van der Waals surface area contributed by atoms with E-state index < -0.39 is 5.91 Å². The van der Waals surface area contributed by atoms with Gasteiger partial charge in [-0.15, -0.1) is 5.11 Å². The second-order valence-electron chi connectivity index (χ2n) is 5.72. The Labute approximate surface area is 148 Å². The zero-order valence-electron chi connectivity index (χ0n) is 14.6. The average Bonchev–Trinajstić information content (AvgIpc) is 2.61. The molecule has 0 radical (unpaired) electrons. The van der Waals surface area contributed by atoms with Gasteiger partial charge in [-0.25, -0.2) is 0 Å². The smallest absolute Gasteiger partial charge is 0.279 e. The minimum Gasteiger partial charge on any atom is -0.510 e. The summed E-state index contributed by atoms with van der Waals surface area (Å²) in [4.78, 5) is 12.3. The monoisotopic (exact) mass is 337 g/mol. The molecule has 1 amide bonds. The molecule has 25 heavy (non-hydrogen) atoms. The van der Waals surface area contributed by atoms with Crippen molar-refractivity contribution < 1.29 is 9.90 Å². The van der Waals surface area contributed by atoms with Gasteiger partial charge < -0.3 is 10.4 Å². The molecule has 0 fully saturated rings. The number of para-hydroxylation sites is 1. The number of hydrogen-bond donors (Lipinski definition) is 2. The van der Waals surface area contributed by atoms with E-state index in [4.69, 9.17) is 0 Å². The van der Waals surface area contributed by atoms with E-state index in [0.29, 0.717) is 11.4 Å². The molecule has 0 spiro atoms. The van der Waals surface area contributed by atoms with E-state index in [1.807, 2.05) is 42.5 Å². The highest BCUT2D eigenvalue weighted by Crippen LogP contribution is 2.18. The number of allylic oxidation sites excluding steroid dienone is 1. The van der Waals surface area contributed by atoms with Gasteiger partial charge in [0.1, 0.15) is 5.76 Å². The van der Waals surface area contributed by atoms with Gasteiger partial charge in [0.05, 0.1) is 5.69 Å². The molecule has 5 heteroatoms. The number of carbonyl (C=O) groups is 1. The van der Waals surface area contributed by atoms with Gasteiger partial charge >= 0.3 is 0 Å². The van der Waals surface area contributed by atoms with E-state index in [1.165, 1.54) is 12.5 Å². The van der Waals surface area contributed by atoms with Crippen molar-refractivity contribution in [3.63, 3.8) is 0 Å². The fraction of sp³-hybridized carbons (Fsp3) is 0.250. The van der Waals surface area contributed by atoms with Crippen LogP contribution < -0.4 is 5.32 Å². The summed E-state index contributed by atoms with van der Waals surface area (Å²) >= 11 is 0. The largest absolute Gasteiger partial charge is 0.510 e. The summed E-state index contributed by atoms with van der Waals surface area (Å²) < 4.78 is 0. The van der Waals surface area contributed by atoms with Gasteiger partial charge in [-0.05, 0) is 49.6 Å². The van der Waals surface area contributed by atoms with Crippen LogP contribution in [0.2, 0.25) is 0 Å². The van der Waals surface area contributed by atoms with Crippen molar-refractivity contribution >= 4 is 17.3 Å². The van der Waals surface area contributed by atoms with Crippen LogP contribution in [0.4, 0.5) is 11.4 Å². The Balaban J connectivity index is 2.07. The van der Waals surface area contributed by atoms with Crippen molar-refractivity contribution in [3.05, 3.63) is 71.6 Å². The summed E-state index contributed by atoms with van der Waals surface area (Å²) in [7, 11) is 0. The van der Waals surface area contributed by atoms with E-state index >= 15 is 0 Å². The quantitative estimate of drug-likeness (QED) is 0.395. The molecule has 0 saturated carbocycles. The number of unbranched alkanes of at least 4 members (excludes halogenated alkanes) is 1. The zero-order valence-corrected chi connectivity index (χ0v) is 14.6. The number of anilines is 1. The summed E-state index contributed by atoms with van der Waals surface area (Å²) in [6.07, 6.45) is 3.34. The molecule has 0 heterocycles. The Morgan fingerprint density at radius 2 is 1.76 bits per heavy atom. The molecule has 0 aliphatic carbocycles. The fourth-order valence-electron chi connectivity index (χ4n) is 2.21. The van der Waals surface area contributed by atoms with Crippen LogP contribution in [0.3, 0.4) is 0 Å². The van der Waals surface area contributed by atoms with Gasteiger partial charge in [0.2, 0.25) is 0 Å². The van der Waals surface area contributed by atoms with Gasteiger partial charge in [-0.1, -0.05) is 43.7 Å². The number of nitrogens with one attached hydrogen (secondary N) is 1. The maximum absolute atomic E-state index is 12.3. The molecular formula is C20H23N3O2. The summed E-state index contributed by atoms with van der Waals surface area (Å²) in [5.41, 5.74) is 2.39. The molecule has 0 saturated heterocycles. The number of amides is 1. The first-order chi connectivity index (χ1) is 12.1. The number of aliphatic hydroxyl groups excluding tert-OH is 1. The van der Waals surface area contributed by atoms with Crippen LogP contribution in [0.25, 0.3) is 0 Å². The first kappa shape index (κ1) is 18.4. The number of aliphatic hydroxyl groups is 1. The number of rotatable bonds is 7. The average molecular weight is 337 g/mol. The molecule has 130 valence electrons. The maximum atomic E-state index is 12.3. The maximum Gasteiger partial charge on any atom is 0.279 e. The van der Waals surface area contributed by atoms with Crippen LogP contribution in [0.1, 0.15) is 32.3 Å². The molecule has 0 atom stereocenters. The lowest BCUT2D eigenvalue weighted by Gasteiger charge is -2.05. The van der Waals surface area contributed by atoms with E-state index in [9.17, 15) is 9.90 Å². The second kappa shape index (κ2) is 9.37. The molecule has 0 aliphatic rings. The third-order valence-electron chi connectivity index (χ3n) is 3.61. The van der Waals surface area contributed by atoms with Crippen molar-refractivity contribution in [2.24, 2.45) is 10.2 Å². The first-order valence-corrected chi connectivity index (χ1v) is 8.37. The third-order valence-corrected chi connectivity index (χ3v) is 3.61. The number of nitrogens with zero attached hydrogens (tertiary/aromatic N) is 2. The second-order valence-corrected chi connectivity index (χ2v) is 5.72. The highest BCUT2D eigenvalue weighted by molar-refractivity contribution is 6.03. The molecule has 2 N–H and O–H groups in total. The molecule has 0 aromatic heterocycles. The van der Waals surface area contributed by atoms with Crippen molar-refractivity contribution in [1.82, 2.24) is 0 Å². The predicted octanol–water partition coefficient (Wildman–Crippen LogP) is 5.54. The molecular weight excluding hydrogens is 314 g/mol. The Bertz CT molecular complexity index is 746. The summed E-state index contributed by atoms with van der Waals surface area (Å²) in [5, 5.41) is 20.4. The molecule has 0 aliphatic heterocycles. The van der Waals surface area contributed by atoms with Crippen molar-refractivity contribution in [2.75, 3.05) is 5.32 Å². The Morgan fingerprint density at radius 3 is 2.36 bits per heavy atom. The van der Waals surface area contributed by atoms with Crippen molar-refractivity contribution in [2.45, 2.75) is 33.1 Å². The van der Waals surface area contributed by atoms with Crippen molar-refractivity contribution in [1.29, 1.82) is 0 Å². The summed E-state index contributed by atoms with van der Waals surface area (Å²) in [6.45, 7) is 3.57. The van der Waals surface area contributed by atoms with Crippen LogP contribution in [-0.2, 0) is 11.2 Å². The lowest BCUT2D eigenvalue weighted by molar-refractivity contribution is -0.113. The van der Waals surface area contributed by atoms with E-state index in [2.05, 4.69) is 22.5 Å². The highest BCUT2D eigenvalue weighted by atomic mass is 16.3. The third kappa shape index (κ3) is 5.88. The standard InChI is InChI=1S/C20H23N3O2/c1-3-4-8-16-11-13-18(14-12-16)22-23-19(15(2)24)20(25)21-17-9-6-5-7-10-17/h5-7,9-14,24H,3-4,8H2,1-2H3,(H,21,25)/b19-15-,23-22?. The number of azo groups is 1. The van der Waals surface area contributed by atoms with Gasteiger partial charge in [0.25, 0.3) is 5.91 Å². The fourth-order valence-corrected chi connectivity index (χ4v) is 2.21. The highest BCUT2D eigenvalue weighted by Gasteiger charge is 2.13. The van der Waals surface area contributed by atoms with E-state index in [-0.39, 0.29) is 11.5 Å². The first-order valence-electron chi connectivity index (χ1n) is 8.37. The van der Waals surface area contributed by atoms with Crippen LogP contribution in [0, 0.1) is 0 Å². The topological polar surface area (TPSA) is 74.0 Å². The normalized spacial score (nSPS) is 12.1. The van der Waals surface area contributed by atoms with Crippen LogP contribution in [-0.4, -0.2) is 11.0 Å². The minimum absolute atomic E-state index is 0.112. The molecule has 2 rings (SSSR count).